The van der Waals surface area contributed by atoms with Gasteiger partial charge in [0.1, 0.15) is 0 Å². The Labute approximate surface area is 111 Å². The smallest absolute Gasteiger partial charge is 0.311 e. The molecule has 1 saturated carbocycles. The molecule has 1 aromatic rings. The molecule has 1 aliphatic rings. The number of aliphatic carboxylic acids is 1. The summed E-state index contributed by atoms with van der Waals surface area (Å²) in [6.07, 6.45) is 1.69. The maximum atomic E-state index is 11.8. The SMILES string of the molecule is N[C@@H](Cc1ccccc1)C(=O)NCC1(C(=O)O)CC1. The molecule has 0 radical (unpaired) electrons. The summed E-state index contributed by atoms with van der Waals surface area (Å²) in [6, 6.07) is 8.86. The van der Waals surface area contributed by atoms with Crippen molar-refractivity contribution in [2.45, 2.75) is 25.3 Å². The fraction of sp³-hybridized carbons (Fsp3) is 0.429. The Morgan fingerprint density at radius 3 is 2.47 bits per heavy atom. The molecule has 0 aliphatic heterocycles. The summed E-state index contributed by atoms with van der Waals surface area (Å²) < 4.78 is 0. The number of nitrogens with two attached hydrogens (primary N) is 1. The average Bonchev–Trinajstić information content (AvgIpc) is 3.18. The van der Waals surface area contributed by atoms with Crippen LogP contribution in [0.2, 0.25) is 0 Å². The second-order valence-corrected chi connectivity index (χ2v) is 5.10. The monoisotopic (exact) mass is 262 g/mol. The van der Waals surface area contributed by atoms with E-state index in [0.29, 0.717) is 19.3 Å². The second kappa shape index (κ2) is 5.40. The molecular formula is C14H18N2O3. The van der Waals surface area contributed by atoms with Gasteiger partial charge in [0.15, 0.2) is 0 Å². The molecule has 19 heavy (non-hydrogen) atoms. The third-order valence-corrected chi connectivity index (χ3v) is 3.54. The molecule has 5 nitrogen and oxygen atoms in total. The van der Waals surface area contributed by atoms with Crippen molar-refractivity contribution in [3.8, 4) is 0 Å². The van der Waals surface area contributed by atoms with Crippen LogP contribution in [0, 0.1) is 5.41 Å². The Hall–Kier alpha value is -1.88. The zero-order valence-electron chi connectivity index (χ0n) is 10.6. The number of amides is 1. The van der Waals surface area contributed by atoms with Crippen molar-refractivity contribution in [3.05, 3.63) is 35.9 Å². The van der Waals surface area contributed by atoms with E-state index >= 15 is 0 Å². The molecule has 0 unspecified atom stereocenters. The number of benzene rings is 1. The number of rotatable bonds is 6. The summed E-state index contributed by atoms with van der Waals surface area (Å²) in [5.41, 5.74) is 6.06. The van der Waals surface area contributed by atoms with Gasteiger partial charge >= 0.3 is 5.97 Å². The van der Waals surface area contributed by atoms with Crippen molar-refractivity contribution in [1.29, 1.82) is 0 Å². The molecule has 1 amide bonds. The van der Waals surface area contributed by atoms with Crippen molar-refractivity contribution in [2.75, 3.05) is 6.54 Å². The van der Waals surface area contributed by atoms with E-state index in [2.05, 4.69) is 5.32 Å². The van der Waals surface area contributed by atoms with E-state index in [4.69, 9.17) is 10.8 Å². The first-order valence-electron chi connectivity index (χ1n) is 6.34. The minimum Gasteiger partial charge on any atom is -0.481 e. The van der Waals surface area contributed by atoms with Crippen molar-refractivity contribution in [1.82, 2.24) is 5.32 Å². The van der Waals surface area contributed by atoms with E-state index < -0.39 is 17.4 Å². The van der Waals surface area contributed by atoms with Gasteiger partial charge < -0.3 is 16.2 Å². The summed E-state index contributed by atoms with van der Waals surface area (Å²) in [5, 5.41) is 11.6. The first-order chi connectivity index (χ1) is 9.03. The van der Waals surface area contributed by atoms with Gasteiger partial charge in [0.05, 0.1) is 11.5 Å². The number of carbonyl (C=O) groups excluding carboxylic acids is 1. The lowest BCUT2D eigenvalue weighted by Gasteiger charge is -2.15. The van der Waals surface area contributed by atoms with Gasteiger partial charge in [0.25, 0.3) is 0 Å². The lowest BCUT2D eigenvalue weighted by molar-refractivity contribution is -0.143. The molecule has 2 rings (SSSR count). The highest BCUT2D eigenvalue weighted by Crippen LogP contribution is 2.45. The summed E-state index contributed by atoms with van der Waals surface area (Å²) in [6.45, 7) is 0.170. The van der Waals surface area contributed by atoms with Crippen LogP contribution in [0.1, 0.15) is 18.4 Å². The lowest BCUT2D eigenvalue weighted by Crippen LogP contribution is -2.45. The van der Waals surface area contributed by atoms with E-state index in [0.717, 1.165) is 5.56 Å². The van der Waals surface area contributed by atoms with Crippen molar-refractivity contribution in [3.63, 3.8) is 0 Å². The quantitative estimate of drug-likeness (QED) is 0.697. The lowest BCUT2D eigenvalue weighted by atomic mass is 10.0. The van der Waals surface area contributed by atoms with Gasteiger partial charge in [-0.2, -0.15) is 0 Å². The van der Waals surface area contributed by atoms with Gasteiger partial charge in [-0.3, -0.25) is 9.59 Å². The molecule has 5 heteroatoms. The average molecular weight is 262 g/mol. The molecule has 0 heterocycles. The Morgan fingerprint density at radius 2 is 1.95 bits per heavy atom. The van der Waals surface area contributed by atoms with Gasteiger partial charge in [0, 0.05) is 6.54 Å². The minimum absolute atomic E-state index is 0.170. The predicted molar refractivity (Wildman–Crippen MR) is 70.4 cm³/mol. The van der Waals surface area contributed by atoms with Crippen molar-refractivity contribution < 1.29 is 14.7 Å². The van der Waals surface area contributed by atoms with Crippen LogP contribution in [-0.4, -0.2) is 29.6 Å². The van der Waals surface area contributed by atoms with E-state index in [9.17, 15) is 9.59 Å². The molecule has 102 valence electrons. The number of carboxylic acid groups (broad SMARTS) is 1. The van der Waals surface area contributed by atoms with E-state index in [1.807, 2.05) is 30.3 Å². The minimum atomic E-state index is -0.843. The first kappa shape index (κ1) is 13.5. The Kier molecular flexibility index (Phi) is 3.85. The van der Waals surface area contributed by atoms with Gasteiger partial charge in [-0.1, -0.05) is 30.3 Å². The molecule has 0 bridgehead atoms. The standard InChI is InChI=1S/C14H18N2O3/c15-11(8-10-4-2-1-3-5-10)12(17)16-9-14(6-7-14)13(18)19/h1-5,11H,6-9,15H2,(H,16,17)(H,18,19)/t11-/m0/s1. The molecule has 1 aliphatic carbocycles. The number of nitrogens with one attached hydrogen (secondary N) is 1. The third kappa shape index (κ3) is 3.32. The molecule has 1 aromatic carbocycles. The maximum Gasteiger partial charge on any atom is 0.311 e. The molecule has 1 fully saturated rings. The molecule has 0 saturated heterocycles. The number of carboxylic acids is 1. The Balaban J connectivity index is 1.82. The third-order valence-electron chi connectivity index (χ3n) is 3.54. The number of hydrogen-bond acceptors (Lipinski definition) is 3. The van der Waals surface area contributed by atoms with Gasteiger partial charge in [-0.25, -0.2) is 0 Å². The first-order valence-corrected chi connectivity index (χ1v) is 6.34. The van der Waals surface area contributed by atoms with Crippen LogP contribution >= 0.6 is 0 Å². The fourth-order valence-electron chi connectivity index (χ4n) is 1.97. The molecule has 0 aromatic heterocycles. The zero-order valence-corrected chi connectivity index (χ0v) is 10.6. The van der Waals surface area contributed by atoms with E-state index in [1.54, 1.807) is 0 Å². The Morgan fingerprint density at radius 1 is 1.32 bits per heavy atom. The van der Waals surface area contributed by atoms with E-state index in [1.165, 1.54) is 0 Å². The topological polar surface area (TPSA) is 92.4 Å². The summed E-state index contributed by atoms with van der Waals surface area (Å²) in [5.74, 6) is -1.14. The largest absolute Gasteiger partial charge is 0.481 e. The van der Waals surface area contributed by atoms with Crippen molar-refractivity contribution >= 4 is 11.9 Å². The summed E-state index contributed by atoms with van der Waals surface area (Å²) in [7, 11) is 0. The van der Waals surface area contributed by atoms with E-state index in [-0.39, 0.29) is 12.5 Å². The fourth-order valence-corrected chi connectivity index (χ4v) is 1.97. The summed E-state index contributed by atoms with van der Waals surface area (Å²) >= 11 is 0. The van der Waals surface area contributed by atoms with Crippen LogP contribution in [-0.2, 0) is 16.0 Å². The van der Waals surface area contributed by atoms with Crippen LogP contribution in [0.25, 0.3) is 0 Å². The molecule has 4 N–H and O–H groups in total. The summed E-state index contributed by atoms with van der Waals surface area (Å²) in [4.78, 5) is 22.8. The predicted octanol–water partition coefficient (Wildman–Crippen LogP) is 0.537. The van der Waals surface area contributed by atoms with Crippen LogP contribution in [0.4, 0.5) is 0 Å². The highest BCUT2D eigenvalue weighted by Gasteiger charge is 2.50. The number of hydrogen-bond donors (Lipinski definition) is 3. The highest BCUT2D eigenvalue weighted by atomic mass is 16.4. The Bertz CT molecular complexity index is 469. The normalized spacial score (nSPS) is 17.5. The van der Waals surface area contributed by atoms with Gasteiger partial charge in [0.2, 0.25) is 5.91 Å². The zero-order chi connectivity index (χ0) is 13.9. The van der Waals surface area contributed by atoms with Crippen LogP contribution in [0.3, 0.4) is 0 Å². The maximum absolute atomic E-state index is 11.8. The van der Waals surface area contributed by atoms with Gasteiger partial charge in [-0.05, 0) is 24.8 Å². The molecule has 1 atom stereocenters. The molecule has 0 spiro atoms. The second-order valence-electron chi connectivity index (χ2n) is 5.10. The van der Waals surface area contributed by atoms with Crippen LogP contribution < -0.4 is 11.1 Å². The van der Waals surface area contributed by atoms with Crippen LogP contribution in [0.15, 0.2) is 30.3 Å². The van der Waals surface area contributed by atoms with Gasteiger partial charge in [-0.15, -0.1) is 0 Å². The van der Waals surface area contributed by atoms with Crippen LogP contribution in [0.5, 0.6) is 0 Å². The molecular weight excluding hydrogens is 244 g/mol. The highest BCUT2D eigenvalue weighted by molar-refractivity contribution is 5.84. The number of carbonyl (C=O) groups is 2. The van der Waals surface area contributed by atoms with Crippen molar-refractivity contribution in [2.24, 2.45) is 11.1 Å².